The zero-order valence-electron chi connectivity index (χ0n) is 18.1. The molecule has 1 saturated heterocycles. The van der Waals surface area contributed by atoms with Crippen LogP contribution in [0, 0.1) is 11.3 Å². The van der Waals surface area contributed by atoms with Crippen molar-refractivity contribution in [3.8, 4) is 0 Å². The lowest BCUT2D eigenvalue weighted by Crippen LogP contribution is -2.50. The smallest absolute Gasteiger partial charge is 0.351 e. The van der Waals surface area contributed by atoms with Crippen molar-refractivity contribution in [2.45, 2.75) is 70.5 Å². The molecule has 1 aliphatic rings. The average molecular weight is 449 g/mol. The molecule has 170 valence electrons. The molecule has 1 amide bonds. The highest BCUT2D eigenvalue weighted by atomic mass is 32.2. The number of benzene rings is 1. The highest BCUT2D eigenvalue weighted by Crippen LogP contribution is 2.36. The number of nitrogens with one attached hydrogen (secondary N) is 1. The van der Waals surface area contributed by atoms with E-state index in [1.807, 2.05) is 13.8 Å². The molecule has 1 heterocycles. The molecular formula is C21H31F3N2O3S. The first-order chi connectivity index (χ1) is 13.5. The summed E-state index contributed by atoms with van der Waals surface area (Å²) in [5, 5.41) is 3.04. The van der Waals surface area contributed by atoms with Crippen LogP contribution in [0.25, 0.3) is 0 Å². The maximum Gasteiger partial charge on any atom is 0.417 e. The number of amides is 1. The molecule has 2 rings (SSSR count). The number of piperidine rings is 1. The normalized spacial score (nSPS) is 17.7. The van der Waals surface area contributed by atoms with Crippen molar-refractivity contribution in [1.82, 2.24) is 9.62 Å². The molecule has 1 N–H and O–H groups in total. The van der Waals surface area contributed by atoms with Crippen LogP contribution < -0.4 is 5.32 Å². The van der Waals surface area contributed by atoms with Gasteiger partial charge < -0.3 is 5.32 Å². The second-order valence-electron chi connectivity index (χ2n) is 9.78. The highest BCUT2D eigenvalue weighted by molar-refractivity contribution is 7.89. The summed E-state index contributed by atoms with van der Waals surface area (Å²) < 4.78 is 66.5. The van der Waals surface area contributed by atoms with Gasteiger partial charge in [-0.1, -0.05) is 32.9 Å². The third-order valence-electron chi connectivity index (χ3n) is 5.07. The molecule has 0 spiro atoms. The van der Waals surface area contributed by atoms with Gasteiger partial charge in [0.05, 0.1) is 10.5 Å². The second-order valence-corrected chi connectivity index (χ2v) is 11.7. The summed E-state index contributed by atoms with van der Waals surface area (Å²) in [6.07, 6.45) is -3.45. The lowest BCUT2D eigenvalue weighted by Gasteiger charge is -2.36. The first kappa shape index (κ1) is 24.7. The van der Waals surface area contributed by atoms with Gasteiger partial charge >= 0.3 is 6.18 Å². The summed E-state index contributed by atoms with van der Waals surface area (Å²) in [4.78, 5) is 11.9. The summed E-state index contributed by atoms with van der Waals surface area (Å²) in [5.41, 5.74) is -1.56. The van der Waals surface area contributed by atoms with E-state index in [2.05, 4.69) is 26.1 Å². The SMILES string of the molecule is CC(C)(C)CC(C)(C)NC(=O)C1CCN(S(=O)(=O)c2ccccc2C(F)(F)F)CC1. The van der Waals surface area contributed by atoms with E-state index >= 15 is 0 Å². The molecule has 0 aromatic heterocycles. The summed E-state index contributed by atoms with van der Waals surface area (Å²) in [5.74, 6) is -0.509. The molecule has 0 unspecified atom stereocenters. The maximum absolute atomic E-state index is 13.3. The van der Waals surface area contributed by atoms with Crippen LogP contribution >= 0.6 is 0 Å². The molecule has 0 aliphatic carbocycles. The van der Waals surface area contributed by atoms with Gasteiger partial charge in [-0.05, 0) is 50.7 Å². The van der Waals surface area contributed by atoms with Crippen molar-refractivity contribution >= 4 is 15.9 Å². The topological polar surface area (TPSA) is 66.5 Å². The Hall–Kier alpha value is -1.61. The fourth-order valence-corrected chi connectivity index (χ4v) is 5.91. The number of hydrogen-bond acceptors (Lipinski definition) is 3. The molecule has 1 aliphatic heterocycles. The van der Waals surface area contributed by atoms with Gasteiger partial charge in [0.25, 0.3) is 0 Å². The van der Waals surface area contributed by atoms with Crippen molar-refractivity contribution in [2.24, 2.45) is 11.3 Å². The quantitative estimate of drug-likeness (QED) is 0.724. The summed E-state index contributed by atoms with van der Waals surface area (Å²) in [7, 11) is -4.30. The number of nitrogens with zero attached hydrogens (tertiary/aromatic N) is 1. The Morgan fingerprint density at radius 3 is 2.10 bits per heavy atom. The van der Waals surface area contributed by atoms with Crippen LogP contribution in [0.5, 0.6) is 0 Å². The zero-order chi connectivity index (χ0) is 23.0. The largest absolute Gasteiger partial charge is 0.417 e. The number of carbonyl (C=O) groups excluding carboxylic acids is 1. The van der Waals surface area contributed by atoms with Gasteiger partial charge in [-0.25, -0.2) is 8.42 Å². The minimum Gasteiger partial charge on any atom is -0.351 e. The molecular weight excluding hydrogens is 417 g/mol. The Morgan fingerprint density at radius 1 is 1.07 bits per heavy atom. The van der Waals surface area contributed by atoms with Crippen LogP contribution in [0.15, 0.2) is 29.2 Å². The third-order valence-corrected chi connectivity index (χ3v) is 7.03. The van der Waals surface area contributed by atoms with Gasteiger partial charge in [-0.2, -0.15) is 17.5 Å². The summed E-state index contributed by atoms with van der Waals surface area (Å²) in [6.45, 7) is 10.2. The average Bonchev–Trinajstić information content (AvgIpc) is 2.58. The van der Waals surface area contributed by atoms with Crippen LogP contribution in [-0.4, -0.2) is 37.3 Å². The Morgan fingerprint density at radius 2 is 1.60 bits per heavy atom. The van der Waals surface area contributed by atoms with E-state index in [4.69, 9.17) is 0 Å². The van der Waals surface area contributed by atoms with Crippen LogP contribution in [0.3, 0.4) is 0 Å². The van der Waals surface area contributed by atoms with Gasteiger partial charge in [0.1, 0.15) is 0 Å². The second kappa shape index (κ2) is 8.49. The van der Waals surface area contributed by atoms with Gasteiger partial charge in [0.2, 0.25) is 15.9 Å². The van der Waals surface area contributed by atoms with Crippen LogP contribution in [-0.2, 0) is 21.0 Å². The molecule has 1 fully saturated rings. The minimum absolute atomic E-state index is 0.00626. The molecule has 30 heavy (non-hydrogen) atoms. The molecule has 1 aromatic carbocycles. The number of hydrogen-bond donors (Lipinski definition) is 1. The van der Waals surface area contributed by atoms with E-state index in [0.717, 1.165) is 28.9 Å². The van der Waals surface area contributed by atoms with E-state index < -0.39 is 32.2 Å². The highest BCUT2D eigenvalue weighted by Gasteiger charge is 2.40. The lowest BCUT2D eigenvalue weighted by molar-refractivity contribution is -0.140. The first-order valence-electron chi connectivity index (χ1n) is 10.0. The van der Waals surface area contributed by atoms with E-state index in [1.54, 1.807) is 0 Å². The van der Waals surface area contributed by atoms with Gasteiger partial charge in [0, 0.05) is 24.5 Å². The predicted octanol–water partition coefficient (Wildman–Crippen LogP) is 4.44. The first-order valence-corrected chi connectivity index (χ1v) is 11.5. The van der Waals surface area contributed by atoms with E-state index in [1.165, 1.54) is 6.07 Å². The Labute approximate surface area is 177 Å². The standard InChI is InChI=1S/C21H31F3N2O3S/c1-19(2,3)14-20(4,5)25-18(27)15-10-12-26(13-11-15)30(28,29)17-9-7-6-8-16(17)21(22,23)24/h6-9,15H,10-14H2,1-5H3,(H,25,27). The summed E-state index contributed by atoms with van der Waals surface area (Å²) in [6, 6.07) is 4.19. The van der Waals surface area contributed by atoms with Crippen molar-refractivity contribution in [3.05, 3.63) is 29.8 Å². The number of alkyl halides is 3. The monoisotopic (exact) mass is 448 g/mol. The number of halogens is 3. The maximum atomic E-state index is 13.3. The summed E-state index contributed by atoms with van der Waals surface area (Å²) >= 11 is 0. The Bertz CT molecular complexity index is 866. The zero-order valence-corrected chi connectivity index (χ0v) is 19.0. The van der Waals surface area contributed by atoms with Gasteiger partial charge in [0.15, 0.2) is 0 Å². The number of sulfonamides is 1. The van der Waals surface area contributed by atoms with Crippen molar-refractivity contribution in [2.75, 3.05) is 13.1 Å². The van der Waals surface area contributed by atoms with E-state index in [9.17, 15) is 26.4 Å². The Balaban J connectivity index is 2.08. The molecule has 0 atom stereocenters. The van der Waals surface area contributed by atoms with Crippen molar-refractivity contribution in [1.29, 1.82) is 0 Å². The van der Waals surface area contributed by atoms with Crippen molar-refractivity contribution in [3.63, 3.8) is 0 Å². The van der Waals surface area contributed by atoms with E-state index in [0.29, 0.717) is 0 Å². The number of carbonyl (C=O) groups is 1. The fourth-order valence-electron chi connectivity index (χ4n) is 4.23. The molecule has 5 nitrogen and oxygen atoms in total. The number of rotatable bonds is 5. The predicted molar refractivity (Wildman–Crippen MR) is 109 cm³/mol. The van der Waals surface area contributed by atoms with Gasteiger partial charge in [-0.3, -0.25) is 4.79 Å². The van der Waals surface area contributed by atoms with Crippen LogP contribution in [0.4, 0.5) is 13.2 Å². The molecule has 0 bridgehead atoms. The van der Waals surface area contributed by atoms with Crippen LogP contribution in [0.1, 0.15) is 59.4 Å². The molecule has 0 saturated carbocycles. The minimum atomic E-state index is -4.76. The molecule has 1 aromatic rings. The lowest BCUT2D eigenvalue weighted by atomic mass is 9.81. The van der Waals surface area contributed by atoms with Crippen molar-refractivity contribution < 1.29 is 26.4 Å². The fraction of sp³-hybridized carbons (Fsp3) is 0.667. The molecule has 9 heteroatoms. The van der Waals surface area contributed by atoms with E-state index in [-0.39, 0.29) is 43.2 Å². The Kier molecular flexibility index (Phi) is 6.98. The molecule has 0 radical (unpaired) electrons. The third kappa shape index (κ3) is 6.20. The van der Waals surface area contributed by atoms with Gasteiger partial charge in [-0.15, -0.1) is 0 Å². The van der Waals surface area contributed by atoms with Crippen LogP contribution in [0.2, 0.25) is 0 Å².